The normalized spacial score (nSPS) is 25.5. The van der Waals surface area contributed by atoms with E-state index in [2.05, 4.69) is 0 Å². The number of imide groups is 1. The van der Waals surface area contributed by atoms with Crippen LogP contribution in [0.15, 0.2) is 0 Å². The fourth-order valence-corrected chi connectivity index (χ4v) is 1.71. The number of rotatable bonds is 3. The van der Waals surface area contributed by atoms with Gasteiger partial charge in [0.25, 0.3) is 0 Å². The third-order valence-electron chi connectivity index (χ3n) is 2.78. The summed E-state index contributed by atoms with van der Waals surface area (Å²) in [4.78, 5) is 23.7. The van der Waals surface area contributed by atoms with Crippen LogP contribution < -0.4 is 5.73 Å². The first-order valence-corrected chi connectivity index (χ1v) is 4.77. The second kappa shape index (κ2) is 3.10. The van der Waals surface area contributed by atoms with Crippen molar-refractivity contribution in [2.24, 2.45) is 11.7 Å². The Balaban J connectivity index is 1.91. The molecule has 4 nitrogen and oxygen atoms in total. The molecule has 0 aromatic carbocycles. The Hall–Kier alpha value is -0.900. The zero-order valence-corrected chi connectivity index (χ0v) is 7.53. The maximum Gasteiger partial charge on any atom is 0.229 e. The van der Waals surface area contributed by atoms with Crippen molar-refractivity contribution in [1.29, 1.82) is 0 Å². The highest BCUT2D eigenvalue weighted by molar-refractivity contribution is 6.01. The van der Waals surface area contributed by atoms with Crippen LogP contribution >= 0.6 is 0 Å². The molecule has 2 amide bonds. The summed E-state index contributed by atoms with van der Waals surface area (Å²) in [7, 11) is 0. The number of carbonyl (C=O) groups is 2. The number of amides is 2. The highest BCUT2D eigenvalue weighted by Crippen LogP contribution is 2.32. The minimum atomic E-state index is -0.0545. The molecule has 0 radical (unpaired) electrons. The van der Waals surface area contributed by atoms with E-state index in [0.717, 1.165) is 12.8 Å². The lowest BCUT2D eigenvalue weighted by Crippen LogP contribution is -2.41. The molecule has 1 unspecified atom stereocenters. The van der Waals surface area contributed by atoms with Crippen molar-refractivity contribution in [3.8, 4) is 0 Å². The lowest BCUT2D eigenvalue weighted by Gasteiger charge is -2.18. The van der Waals surface area contributed by atoms with Gasteiger partial charge in [-0.3, -0.25) is 14.5 Å². The minimum absolute atomic E-state index is 0.00556. The maximum absolute atomic E-state index is 11.2. The Bertz CT molecular complexity index is 232. The van der Waals surface area contributed by atoms with Crippen molar-refractivity contribution in [2.75, 3.05) is 6.54 Å². The molecule has 72 valence electrons. The van der Waals surface area contributed by atoms with E-state index in [1.807, 2.05) is 0 Å². The predicted molar refractivity (Wildman–Crippen MR) is 46.7 cm³/mol. The van der Waals surface area contributed by atoms with E-state index in [4.69, 9.17) is 5.73 Å². The standard InChI is InChI=1S/C9H14N2O2/c10-7(6-1-2-6)5-11-8(12)3-4-9(11)13/h6-7H,1-5,10H2. The number of hydrogen-bond donors (Lipinski definition) is 1. The van der Waals surface area contributed by atoms with Gasteiger partial charge in [0.2, 0.25) is 11.8 Å². The van der Waals surface area contributed by atoms with E-state index in [0.29, 0.717) is 25.3 Å². The van der Waals surface area contributed by atoms with Gasteiger partial charge in [-0.2, -0.15) is 0 Å². The second-order valence-electron chi connectivity index (χ2n) is 3.90. The van der Waals surface area contributed by atoms with E-state index in [9.17, 15) is 9.59 Å². The molecular weight excluding hydrogens is 168 g/mol. The average Bonchev–Trinajstić information content (AvgIpc) is 2.88. The van der Waals surface area contributed by atoms with Gasteiger partial charge < -0.3 is 5.73 Å². The lowest BCUT2D eigenvalue weighted by atomic mass is 10.2. The summed E-state index contributed by atoms with van der Waals surface area (Å²) < 4.78 is 0. The van der Waals surface area contributed by atoms with Gasteiger partial charge >= 0.3 is 0 Å². The smallest absolute Gasteiger partial charge is 0.229 e. The van der Waals surface area contributed by atoms with Gasteiger partial charge in [-0.05, 0) is 18.8 Å². The minimum Gasteiger partial charge on any atom is -0.326 e. The molecule has 1 aliphatic heterocycles. The van der Waals surface area contributed by atoms with Crippen LogP contribution in [-0.2, 0) is 9.59 Å². The molecule has 1 aliphatic carbocycles. The van der Waals surface area contributed by atoms with Crippen molar-refractivity contribution in [1.82, 2.24) is 4.90 Å². The molecule has 1 heterocycles. The number of carbonyl (C=O) groups excluding carboxylic acids is 2. The summed E-state index contributed by atoms with van der Waals surface area (Å²) in [6.45, 7) is 0.433. The van der Waals surface area contributed by atoms with Gasteiger partial charge in [0.15, 0.2) is 0 Å². The molecule has 1 saturated carbocycles. The Morgan fingerprint density at radius 1 is 1.31 bits per heavy atom. The summed E-state index contributed by atoms with van der Waals surface area (Å²) >= 11 is 0. The molecule has 2 rings (SSSR count). The molecule has 4 heteroatoms. The average molecular weight is 182 g/mol. The van der Waals surface area contributed by atoms with Gasteiger partial charge in [-0.1, -0.05) is 0 Å². The van der Waals surface area contributed by atoms with Crippen LogP contribution in [0.4, 0.5) is 0 Å². The van der Waals surface area contributed by atoms with E-state index < -0.39 is 0 Å². The van der Waals surface area contributed by atoms with E-state index in [1.54, 1.807) is 0 Å². The quantitative estimate of drug-likeness (QED) is 0.618. The highest BCUT2D eigenvalue weighted by atomic mass is 16.2. The molecule has 1 saturated heterocycles. The summed E-state index contributed by atoms with van der Waals surface area (Å²) in [6, 6.07) is 0.00556. The van der Waals surface area contributed by atoms with E-state index in [1.165, 1.54) is 4.90 Å². The van der Waals surface area contributed by atoms with Crippen LogP contribution in [-0.4, -0.2) is 29.3 Å². The monoisotopic (exact) mass is 182 g/mol. The Kier molecular flexibility index (Phi) is 2.07. The van der Waals surface area contributed by atoms with Crippen molar-refractivity contribution >= 4 is 11.8 Å². The van der Waals surface area contributed by atoms with Crippen LogP contribution in [0.1, 0.15) is 25.7 Å². The fraction of sp³-hybridized carbons (Fsp3) is 0.778. The first-order valence-electron chi connectivity index (χ1n) is 4.77. The Morgan fingerprint density at radius 3 is 2.31 bits per heavy atom. The topological polar surface area (TPSA) is 63.4 Å². The molecule has 1 atom stereocenters. The largest absolute Gasteiger partial charge is 0.326 e. The molecule has 0 aromatic heterocycles. The van der Waals surface area contributed by atoms with Gasteiger partial charge in [0.05, 0.1) is 0 Å². The maximum atomic E-state index is 11.2. The SMILES string of the molecule is NC(CN1C(=O)CCC1=O)C1CC1. The third kappa shape index (κ3) is 1.72. The first kappa shape index (κ1) is 8.69. The van der Waals surface area contributed by atoms with Crippen LogP contribution in [0.25, 0.3) is 0 Å². The summed E-state index contributed by atoms with van der Waals surface area (Å²) in [5.41, 5.74) is 5.84. The summed E-state index contributed by atoms with van der Waals surface area (Å²) in [5.74, 6) is 0.434. The predicted octanol–water partition coefficient (Wildman–Crippen LogP) is -0.127. The van der Waals surface area contributed by atoms with Gasteiger partial charge in [0, 0.05) is 25.4 Å². The molecule has 2 aliphatic rings. The molecule has 0 bridgehead atoms. The van der Waals surface area contributed by atoms with Crippen LogP contribution in [0.3, 0.4) is 0 Å². The third-order valence-corrected chi connectivity index (χ3v) is 2.78. The Labute approximate surface area is 77.1 Å². The summed E-state index contributed by atoms with van der Waals surface area (Å²) in [5, 5.41) is 0. The second-order valence-corrected chi connectivity index (χ2v) is 3.90. The lowest BCUT2D eigenvalue weighted by molar-refractivity contribution is -0.138. The molecule has 13 heavy (non-hydrogen) atoms. The fourth-order valence-electron chi connectivity index (χ4n) is 1.71. The number of hydrogen-bond acceptors (Lipinski definition) is 3. The molecule has 2 fully saturated rings. The zero-order chi connectivity index (χ0) is 9.42. The van der Waals surface area contributed by atoms with Crippen molar-refractivity contribution < 1.29 is 9.59 Å². The van der Waals surface area contributed by atoms with Crippen molar-refractivity contribution in [2.45, 2.75) is 31.7 Å². The van der Waals surface area contributed by atoms with Gasteiger partial charge in [-0.25, -0.2) is 0 Å². The van der Waals surface area contributed by atoms with E-state index in [-0.39, 0.29) is 17.9 Å². The van der Waals surface area contributed by atoms with Gasteiger partial charge in [-0.15, -0.1) is 0 Å². The van der Waals surface area contributed by atoms with Crippen LogP contribution in [0.2, 0.25) is 0 Å². The van der Waals surface area contributed by atoms with E-state index >= 15 is 0 Å². The summed E-state index contributed by atoms with van der Waals surface area (Å²) in [6.07, 6.45) is 3.04. The number of nitrogens with two attached hydrogens (primary N) is 1. The zero-order valence-electron chi connectivity index (χ0n) is 7.53. The van der Waals surface area contributed by atoms with Crippen LogP contribution in [0, 0.1) is 5.92 Å². The number of likely N-dealkylation sites (tertiary alicyclic amines) is 1. The molecule has 2 N–H and O–H groups in total. The first-order chi connectivity index (χ1) is 6.18. The van der Waals surface area contributed by atoms with Gasteiger partial charge in [0.1, 0.15) is 0 Å². The Morgan fingerprint density at radius 2 is 1.85 bits per heavy atom. The number of nitrogens with zero attached hydrogens (tertiary/aromatic N) is 1. The molecule has 0 aromatic rings. The highest BCUT2D eigenvalue weighted by Gasteiger charge is 2.35. The van der Waals surface area contributed by atoms with Crippen molar-refractivity contribution in [3.63, 3.8) is 0 Å². The molecule has 0 spiro atoms. The van der Waals surface area contributed by atoms with Crippen molar-refractivity contribution in [3.05, 3.63) is 0 Å². The van der Waals surface area contributed by atoms with Crippen LogP contribution in [0.5, 0.6) is 0 Å². The molecular formula is C9H14N2O2.